The van der Waals surface area contributed by atoms with Gasteiger partial charge in [-0.3, -0.25) is 4.79 Å². The molecular formula is C22H29NO3. The van der Waals surface area contributed by atoms with Crippen molar-refractivity contribution in [3.63, 3.8) is 0 Å². The number of benzene rings is 2. The molecule has 4 heteroatoms. The van der Waals surface area contributed by atoms with Crippen LogP contribution < -0.4 is 10.1 Å². The fourth-order valence-electron chi connectivity index (χ4n) is 3.96. The van der Waals surface area contributed by atoms with E-state index in [2.05, 4.69) is 12.2 Å². The monoisotopic (exact) mass is 355 g/mol. The van der Waals surface area contributed by atoms with Crippen molar-refractivity contribution in [3.8, 4) is 5.75 Å². The topological polar surface area (TPSA) is 47.6 Å². The van der Waals surface area contributed by atoms with Gasteiger partial charge in [0.15, 0.2) is 0 Å². The van der Waals surface area contributed by atoms with Gasteiger partial charge in [0.05, 0.1) is 6.10 Å². The van der Waals surface area contributed by atoms with E-state index in [1.807, 2.05) is 50.2 Å². The first-order chi connectivity index (χ1) is 12.4. The van der Waals surface area contributed by atoms with Gasteiger partial charge in [-0.2, -0.15) is 0 Å². The number of anilines is 1. The fraction of sp³-hybridized carbons (Fsp3) is 0.500. The molecule has 2 atom stereocenters. The first-order valence-corrected chi connectivity index (χ1v) is 9.50. The highest BCUT2D eigenvalue weighted by Crippen LogP contribution is 2.37. The Labute approximate surface area is 155 Å². The maximum Gasteiger partial charge on any atom is 0.256 e. The van der Waals surface area contributed by atoms with Crippen molar-refractivity contribution in [2.75, 3.05) is 12.4 Å². The molecule has 1 aliphatic rings. The molecule has 140 valence electrons. The predicted octanol–water partition coefficient (Wildman–Crippen LogP) is 5.16. The normalized spacial score (nSPS) is 23.2. The number of rotatable bonds is 5. The van der Waals surface area contributed by atoms with Gasteiger partial charge in [-0.1, -0.05) is 37.6 Å². The Balaban J connectivity index is 1.92. The number of nitrogens with one attached hydrogen (secondary N) is 1. The van der Waals surface area contributed by atoms with Crippen molar-refractivity contribution < 1.29 is 14.3 Å². The van der Waals surface area contributed by atoms with E-state index in [0.717, 1.165) is 47.9 Å². The summed E-state index contributed by atoms with van der Waals surface area (Å²) in [4.78, 5) is 13.1. The number of hydrogen-bond acceptors (Lipinski definition) is 3. The van der Waals surface area contributed by atoms with Crippen LogP contribution in [0.4, 0.5) is 5.69 Å². The first kappa shape index (κ1) is 18.7. The van der Waals surface area contributed by atoms with Gasteiger partial charge >= 0.3 is 0 Å². The van der Waals surface area contributed by atoms with Crippen LogP contribution in [0.5, 0.6) is 5.75 Å². The van der Waals surface area contributed by atoms with E-state index in [-0.39, 0.29) is 12.0 Å². The lowest BCUT2D eigenvalue weighted by atomic mass is 9.78. The SMILES string of the molecule is CO[C@@]1(C(=O)Nc2ccc(OC(C)C)c3ccccc23)CCC[C@@H](C)C1. The number of hydrogen-bond donors (Lipinski definition) is 1. The molecule has 2 aromatic carbocycles. The van der Waals surface area contributed by atoms with Crippen LogP contribution in [0.25, 0.3) is 10.8 Å². The predicted molar refractivity (Wildman–Crippen MR) is 106 cm³/mol. The van der Waals surface area contributed by atoms with Crippen LogP contribution in [0.1, 0.15) is 46.5 Å². The standard InChI is InChI=1S/C22H29NO3/c1-15(2)26-20-12-11-19(17-9-5-6-10-18(17)20)23-21(24)22(25-4)13-7-8-16(3)14-22/h5-6,9-12,15-16H,7-8,13-14H2,1-4H3,(H,23,24)/t16-,22+/m1/s1. The Morgan fingerprint density at radius 2 is 1.92 bits per heavy atom. The lowest BCUT2D eigenvalue weighted by Gasteiger charge is -2.37. The van der Waals surface area contributed by atoms with Gasteiger partial charge < -0.3 is 14.8 Å². The Morgan fingerprint density at radius 1 is 1.19 bits per heavy atom. The van der Waals surface area contributed by atoms with E-state index >= 15 is 0 Å². The minimum atomic E-state index is -0.730. The minimum Gasteiger partial charge on any atom is -0.490 e. The van der Waals surface area contributed by atoms with Crippen LogP contribution in [0.3, 0.4) is 0 Å². The second kappa shape index (κ2) is 7.67. The summed E-state index contributed by atoms with van der Waals surface area (Å²) in [6, 6.07) is 11.9. The summed E-state index contributed by atoms with van der Waals surface area (Å²) in [5.74, 6) is 1.28. The summed E-state index contributed by atoms with van der Waals surface area (Å²) in [5, 5.41) is 5.11. The van der Waals surface area contributed by atoms with Gasteiger partial charge in [0, 0.05) is 23.6 Å². The van der Waals surface area contributed by atoms with Gasteiger partial charge in [-0.25, -0.2) is 0 Å². The molecule has 0 bridgehead atoms. The van der Waals surface area contributed by atoms with E-state index in [9.17, 15) is 4.79 Å². The molecule has 3 rings (SSSR count). The molecule has 0 spiro atoms. The first-order valence-electron chi connectivity index (χ1n) is 9.50. The molecule has 2 aromatic rings. The fourth-order valence-corrected chi connectivity index (χ4v) is 3.96. The van der Waals surface area contributed by atoms with E-state index in [4.69, 9.17) is 9.47 Å². The van der Waals surface area contributed by atoms with Crippen LogP contribution in [0, 0.1) is 5.92 Å². The zero-order valence-corrected chi connectivity index (χ0v) is 16.2. The van der Waals surface area contributed by atoms with Crippen LogP contribution in [0.2, 0.25) is 0 Å². The van der Waals surface area contributed by atoms with Gasteiger partial charge in [0.2, 0.25) is 0 Å². The number of carbonyl (C=O) groups is 1. The average Bonchev–Trinajstić information content (AvgIpc) is 2.63. The molecule has 0 heterocycles. The Kier molecular flexibility index (Phi) is 5.52. The second-order valence-corrected chi connectivity index (χ2v) is 7.68. The summed E-state index contributed by atoms with van der Waals surface area (Å²) in [6.45, 7) is 6.21. The summed E-state index contributed by atoms with van der Waals surface area (Å²) in [5.41, 5.74) is 0.0719. The maximum absolute atomic E-state index is 13.1. The molecule has 0 aliphatic heterocycles. The summed E-state index contributed by atoms with van der Waals surface area (Å²) >= 11 is 0. The lowest BCUT2D eigenvalue weighted by molar-refractivity contribution is -0.143. The highest BCUT2D eigenvalue weighted by Gasteiger charge is 2.42. The van der Waals surface area contributed by atoms with Crippen LogP contribution in [-0.2, 0) is 9.53 Å². The zero-order valence-electron chi connectivity index (χ0n) is 16.2. The van der Waals surface area contributed by atoms with E-state index < -0.39 is 5.60 Å². The summed E-state index contributed by atoms with van der Waals surface area (Å²) < 4.78 is 11.7. The van der Waals surface area contributed by atoms with Crippen molar-refractivity contribution in [1.29, 1.82) is 0 Å². The Hall–Kier alpha value is -2.07. The molecular weight excluding hydrogens is 326 g/mol. The molecule has 1 saturated carbocycles. The van der Waals surface area contributed by atoms with Gasteiger partial charge in [0.1, 0.15) is 11.4 Å². The third-order valence-electron chi connectivity index (χ3n) is 5.26. The van der Waals surface area contributed by atoms with E-state index in [1.54, 1.807) is 7.11 Å². The van der Waals surface area contributed by atoms with Crippen molar-refractivity contribution in [1.82, 2.24) is 0 Å². The van der Waals surface area contributed by atoms with E-state index in [1.165, 1.54) is 0 Å². The molecule has 4 nitrogen and oxygen atoms in total. The quantitative estimate of drug-likeness (QED) is 0.806. The van der Waals surface area contributed by atoms with E-state index in [0.29, 0.717) is 5.92 Å². The van der Waals surface area contributed by atoms with Crippen LogP contribution in [0.15, 0.2) is 36.4 Å². The second-order valence-electron chi connectivity index (χ2n) is 7.68. The lowest BCUT2D eigenvalue weighted by Crippen LogP contribution is -2.47. The molecule has 1 amide bonds. The molecule has 0 unspecified atom stereocenters. The van der Waals surface area contributed by atoms with Crippen molar-refractivity contribution >= 4 is 22.4 Å². The molecule has 26 heavy (non-hydrogen) atoms. The molecule has 0 aromatic heterocycles. The molecule has 0 saturated heterocycles. The number of amides is 1. The number of carbonyl (C=O) groups excluding carboxylic acids is 1. The highest BCUT2D eigenvalue weighted by molar-refractivity contribution is 6.06. The Bertz CT molecular complexity index is 786. The maximum atomic E-state index is 13.1. The number of fused-ring (bicyclic) bond motifs is 1. The number of ether oxygens (including phenoxy) is 2. The number of methoxy groups -OCH3 is 1. The molecule has 1 aliphatic carbocycles. The third kappa shape index (κ3) is 3.70. The molecule has 1 N–H and O–H groups in total. The Morgan fingerprint density at radius 3 is 2.58 bits per heavy atom. The smallest absolute Gasteiger partial charge is 0.256 e. The molecule has 0 radical (unpaired) electrons. The van der Waals surface area contributed by atoms with Crippen molar-refractivity contribution in [2.45, 2.75) is 58.2 Å². The van der Waals surface area contributed by atoms with Crippen LogP contribution in [-0.4, -0.2) is 24.7 Å². The summed E-state index contributed by atoms with van der Waals surface area (Å²) in [7, 11) is 1.65. The van der Waals surface area contributed by atoms with Gasteiger partial charge in [-0.15, -0.1) is 0 Å². The van der Waals surface area contributed by atoms with Gasteiger partial charge in [-0.05, 0) is 51.2 Å². The minimum absolute atomic E-state index is 0.0470. The molecule has 1 fully saturated rings. The third-order valence-corrected chi connectivity index (χ3v) is 5.26. The van der Waals surface area contributed by atoms with Crippen LogP contribution >= 0.6 is 0 Å². The zero-order chi connectivity index (χ0) is 18.7. The highest BCUT2D eigenvalue weighted by atomic mass is 16.5. The average molecular weight is 355 g/mol. The van der Waals surface area contributed by atoms with Gasteiger partial charge in [0.25, 0.3) is 5.91 Å². The summed E-state index contributed by atoms with van der Waals surface area (Å²) in [6.07, 6.45) is 3.81. The largest absolute Gasteiger partial charge is 0.490 e. The van der Waals surface area contributed by atoms with Crippen molar-refractivity contribution in [3.05, 3.63) is 36.4 Å². The van der Waals surface area contributed by atoms with Crippen molar-refractivity contribution in [2.24, 2.45) is 5.92 Å².